The lowest BCUT2D eigenvalue weighted by molar-refractivity contribution is 0.901. The molecule has 0 amide bonds. The molecule has 0 fully saturated rings. The molecule has 1 atom stereocenters. The van der Waals surface area contributed by atoms with Crippen LogP contribution in [0.5, 0.6) is 0 Å². The van der Waals surface area contributed by atoms with Gasteiger partial charge in [0.15, 0.2) is 0 Å². The lowest BCUT2D eigenvalue weighted by atomic mass is 10.00. The summed E-state index contributed by atoms with van der Waals surface area (Å²) in [5.74, 6) is 0.505. The first-order valence-electron chi connectivity index (χ1n) is 6.18. The SMILES string of the molecule is Cc1cc(-c2ccccc2)sc1C1C=CN=CC1.Cl. The topological polar surface area (TPSA) is 12.4 Å². The van der Waals surface area contributed by atoms with Gasteiger partial charge in [0.1, 0.15) is 0 Å². The summed E-state index contributed by atoms with van der Waals surface area (Å²) in [5.41, 5.74) is 2.70. The first kappa shape index (κ1) is 14.0. The summed E-state index contributed by atoms with van der Waals surface area (Å²) in [4.78, 5) is 6.98. The predicted molar refractivity (Wildman–Crippen MR) is 86.7 cm³/mol. The fraction of sp³-hybridized carbons (Fsp3) is 0.188. The zero-order valence-electron chi connectivity index (χ0n) is 10.7. The molecule has 1 unspecified atom stereocenters. The lowest BCUT2D eigenvalue weighted by Crippen LogP contribution is -1.97. The molecule has 0 aliphatic carbocycles. The van der Waals surface area contributed by atoms with Gasteiger partial charge in [0.2, 0.25) is 0 Å². The average Bonchev–Trinajstić information content (AvgIpc) is 2.83. The molecular weight excluding hydrogens is 274 g/mol. The molecule has 0 radical (unpaired) electrons. The molecule has 19 heavy (non-hydrogen) atoms. The predicted octanol–water partition coefficient (Wildman–Crippen LogP) is 5.22. The molecule has 0 spiro atoms. The molecule has 1 aliphatic rings. The summed E-state index contributed by atoms with van der Waals surface area (Å²) in [6.07, 6.45) is 7.14. The number of hydrogen-bond donors (Lipinski definition) is 0. The zero-order valence-corrected chi connectivity index (χ0v) is 12.4. The highest BCUT2D eigenvalue weighted by Gasteiger charge is 2.15. The molecule has 1 aromatic carbocycles. The van der Waals surface area contributed by atoms with E-state index in [0.29, 0.717) is 5.92 Å². The van der Waals surface area contributed by atoms with Crippen LogP contribution in [0.1, 0.15) is 22.8 Å². The van der Waals surface area contributed by atoms with Crippen LogP contribution in [0.15, 0.2) is 53.7 Å². The number of aryl methyl sites for hydroxylation is 1. The number of rotatable bonds is 2. The minimum atomic E-state index is 0. The van der Waals surface area contributed by atoms with E-state index in [0.717, 1.165) is 6.42 Å². The molecule has 0 saturated heterocycles. The van der Waals surface area contributed by atoms with Gasteiger partial charge in [0, 0.05) is 28.1 Å². The van der Waals surface area contributed by atoms with Gasteiger partial charge < -0.3 is 0 Å². The van der Waals surface area contributed by atoms with Crippen molar-refractivity contribution in [2.45, 2.75) is 19.3 Å². The van der Waals surface area contributed by atoms with Crippen molar-refractivity contribution < 1.29 is 0 Å². The summed E-state index contributed by atoms with van der Waals surface area (Å²) in [6, 6.07) is 12.9. The van der Waals surface area contributed by atoms with Gasteiger partial charge in [-0.1, -0.05) is 36.4 Å². The largest absolute Gasteiger partial charge is 0.269 e. The number of aliphatic imine (C=N–C) groups is 1. The molecule has 0 N–H and O–H groups in total. The summed E-state index contributed by atoms with van der Waals surface area (Å²) < 4.78 is 0. The van der Waals surface area contributed by atoms with Crippen molar-refractivity contribution in [3.8, 4) is 10.4 Å². The van der Waals surface area contributed by atoms with Crippen LogP contribution in [0.4, 0.5) is 0 Å². The first-order chi connectivity index (χ1) is 8.84. The van der Waals surface area contributed by atoms with Crippen molar-refractivity contribution in [1.82, 2.24) is 0 Å². The Balaban J connectivity index is 0.00000133. The van der Waals surface area contributed by atoms with Crippen molar-refractivity contribution in [3.05, 3.63) is 59.1 Å². The van der Waals surface area contributed by atoms with Crippen LogP contribution in [0.2, 0.25) is 0 Å². The lowest BCUT2D eigenvalue weighted by Gasteiger charge is -2.11. The van der Waals surface area contributed by atoms with Gasteiger partial charge in [-0.2, -0.15) is 0 Å². The summed E-state index contributed by atoms with van der Waals surface area (Å²) in [5, 5.41) is 0. The van der Waals surface area contributed by atoms with Crippen molar-refractivity contribution >= 4 is 30.0 Å². The normalized spacial score (nSPS) is 17.2. The smallest absolute Gasteiger partial charge is 0.0348 e. The molecule has 3 rings (SSSR count). The van der Waals surface area contributed by atoms with E-state index in [1.165, 1.54) is 20.9 Å². The molecule has 0 bridgehead atoms. The second-order valence-electron chi connectivity index (χ2n) is 4.54. The number of halogens is 1. The van der Waals surface area contributed by atoms with Crippen LogP contribution < -0.4 is 0 Å². The van der Waals surface area contributed by atoms with E-state index in [2.05, 4.69) is 54.4 Å². The van der Waals surface area contributed by atoms with Crippen LogP contribution in [-0.2, 0) is 0 Å². The molecule has 98 valence electrons. The van der Waals surface area contributed by atoms with Gasteiger partial charge in [-0.25, -0.2) is 0 Å². The molecule has 2 heterocycles. The Morgan fingerprint density at radius 2 is 2.00 bits per heavy atom. The van der Waals surface area contributed by atoms with Crippen molar-refractivity contribution in [3.63, 3.8) is 0 Å². The summed E-state index contributed by atoms with van der Waals surface area (Å²) in [7, 11) is 0. The monoisotopic (exact) mass is 289 g/mol. The highest BCUT2D eigenvalue weighted by molar-refractivity contribution is 7.15. The number of allylic oxidation sites excluding steroid dienone is 1. The number of hydrogen-bond acceptors (Lipinski definition) is 2. The van der Waals surface area contributed by atoms with Crippen LogP contribution in [0.3, 0.4) is 0 Å². The quantitative estimate of drug-likeness (QED) is 0.719. The number of benzene rings is 1. The molecule has 0 saturated carbocycles. The molecule has 3 heteroatoms. The van der Waals surface area contributed by atoms with Gasteiger partial charge in [0.05, 0.1) is 0 Å². The third-order valence-electron chi connectivity index (χ3n) is 3.22. The maximum Gasteiger partial charge on any atom is 0.0348 e. The number of thiophene rings is 1. The Bertz CT molecular complexity index is 598. The molecular formula is C16H16ClNS. The van der Waals surface area contributed by atoms with E-state index in [1.54, 1.807) is 0 Å². The third-order valence-corrected chi connectivity index (χ3v) is 4.64. The molecule has 2 aromatic rings. The zero-order chi connectivity index (χ0) is 12.4. The van der Waals surface area contributed by atoms with Gasteiger partial charge in [-0.3, -0.25) is 4.99 Å². The molecule has 1 nitrogen and oxygen atoms in total. The highest BCUT2D eigenvalue weighted by atomic mass is 35.5. The Morgan fingerprint density at radius 1 is 1.21 bits per heavy atom. The van der Waals surface area contributed by atoms with Crippen LogP contribution in [0, 0.1) is 6.92 Å². The minimum absolute atomic E-state index is 0. The Hall–Kier alpha value is -1.38. The van der Waals surface area contributed by atoms with E-state index < -0.39 is 0 Å². The van der Waals surface area contributed by atoms with Crippen molar-refractivity contribution in [2.24, 2.45) is 4.99 Å². The van der Waals surface area contributed by atoms with E-state index in [4.69, 9.17) is 0 Å². The summed E-state index contributed by atoms with van der Waals surface area (Å²) >= 11 is 1.91. The Morgan fingerprint density at radius 3 is 2.68 bits per heavy atom. The fourth-order valence-electron chi connectivity index (χ4n) is 2.27. The van der Waals surface area contributed by atoms with Gasteiger partial charge in [-0.15, -0.1) is 23.7 Å². The van der Waals surface area contributed by atoms with Crippen LogP contribution in [-0.4, -0.2) is 6.21 Å². The molecule has 1 aliphatic heterocycles. The minimum Gasteiger partial charge on any atom is -0.269 e. The van der Waals surface area contributed by atoms with Gasteiger partial charge in [-0.05, 0) is 30.5 Å². The standard InChI is InChI=1S/C16H15NS.ClH/c1-12-11-15(13-5-3-2-4-6-13)18-16(12)14-7-9-17-10-8-14;/h2-7,9-11,14H,8H2,1H3;1H. The fourth-order valence-corrected chi connectivity index (χ4v) is 3.54. The van der Waals surface area contributed by atoms with Crippen LogP contribution in [0.25, 0.3) is 10.4 Å². The number of nitrogens with zero attached hydrogens (tertiary/aromatic N) is 1. The van der Waals surface area contributed by atoms with E-state index in [-0.39, 0.29) is 12.4 Å². The molecule has 1 aromatic heterocycles. The average molecular weight is 290 g/mol. The third kappa shape index (κ3) is 2.96. The van der Waals surface area contributed by atoms with Gasteiger partial charge in [0.25, 0.3) is 0 Å². The second-order valence-corrected chi connectivity index (χ2v) is 5.62. The van der Waals surface area contributed by atoms with Crippen molar-refractivity contribution in [1.29, 1.82) is 0 Å². The second kappa shape index (κ2) is 6.18. The van der Waals surface area contributed by atoms with Crippen molar-refractivity contribution in [2.75, 3.05) is 0 Å². The highest BCUT2D eigenvalue weighted by Crippen LogP contribution is 2.37. The van der Waals surface area contributed by atoms with E-state index in [9.17, 15) is 0 Å². The Labute approximate surface area is 124 Å². The van der Waals surface area contributed by atoms with E-state index in [1.807, 2.05) is 23.8 Å². The first-order valence-corrected chi connectivity index (χ1v) is 7.00. The summed E-state index contributed by atoms with van der Waals surface area (Å²) in [6.45, 7) is 2.21. The Kier molecular flexibility index (Phi) is 4.56. The van der Waals surface area contributed by atoms with Crippen LogP contribution >= 0.6 is 23.7 Å². The maximum atomic E-state index is 4.15. The van der Waals surface area contributed by atoms with E-state index >= 15 is 0 Å². The maximum absolute atomic E-state index is 4.15. The van der Waals surface area contributed by atoms with Gasteiger partial charge >= 0.3 is 0 Å².